The first-order valence-electron chi connectivity index (χ1n) is 7.77. The van der Waals surface area contributed by atoms with Crippen molar-refractivity contribution in [2.24, 2.45) is 0 Å². The lowest BCUT2D eigenvalue weighted by atomic mass is 9.97. The van der Waals surface area contributed by atoms with Gasteiger partial charge in [0.25, 0.3) is 5.91 Å². The summed E-state index contributed by atoms with van der Waals surface area (Å²) >= 11 is 0. The van der Waals surface area contributed by atoms with E-state index in [0.717, 1.165) is 35.2 Å². The SMILES string of the molecule is COc1cc(C(=O)N2CCCc3cc(F)cc(C)c32)ccc1C. The van der Waals surface area contributed by atoms with Crippen molar-refractivity contribution in [2.45, 2.75) is 26.7 Å². The van der Waals surface area contributed by atoms with Crippen LogP contribution < -0.4 is 9.64 Å². The minimum atomic E-state index is -0.243. The average Bonchev–Trinajstić information content (AvgIpc) is 2.53. The molecule has 1 amide bonds. The summed E-state index contributed by atoms with van der Waals surface area (Å²) in [5, 5.41) is 0. The molecule has 0 saturated heterocycles. The molecule has 23 heavy (non-hydrogen) atoms. The Bertz CT molecular complexity index is 770. The van der Waals surface area contributed by atoms with Gasteiger partial charge in [-0.05, 0) is 67.6 Å². The Hall–Kier alpha value is -2.36. The fourth-order valence-electron chi connectivity index (χ4n) is 3.23. The number of ether oxygens (including phenoxy) is 1. The van der Waals surface area contributed by atoms with Gasteiger partial charge < -0.3 is 9.64 Å². The van der Waals surface area contributed by atoms with Gasteiger partial charge in [-0.3, -0.25) is 4.79 Å². The Labute approximate surface area is 135 Å². The minimum absolute atomic E-state index is 0.0704. The van der Waals surface area contributed by atoms with Crippen LogP contribution in [0, 0.1) is 19.7 Å². The number of carbonyl (C=O) groups is 1. The Morgan fingerprint density at radius 2 is 1.96 bits per heavy atom. The van der Waals surface area contributed by atoms with Gasteiger partial charge in [-0.15, -0.1) is 0 Å². The highest BCUT2D eigenvalue weighted by molar-refractivity contribution is 6.07. The van der Waals surface area contributed by atoms with Crippen molar-refractivity contribution in [1.29, 1.82) is 0 Å². The molecule has 1 heterocycles. The predicted octanol–water partition coefficient (Wildman–Crippen LogP) is 4.04. The number of amides is 1. The number of benzene rings is 2. The third-order valence-electron chi connectivity index (χ3n) is 4.34. The van der Waals surface area contributed by atoms with Crippen LogP contribution in [-0.4, -0.2) is 19.6 Å². The number of hydrogen-bond acceptors (Lipinski definition) is 2. The Morgan fingerprint density at radius 1 is 1.17 bits per heavy atom. The van der Waals surface area contributed by atoms with E-state index in [-0.39, 0.29) is 11.7 Å². The first-order valence-corrected chi connectivity index (χ1v) is 7.77. The smallest absolute Gasteiger partial charge is 0.258 e. The van der Waals surface area contributed by atoms with E-state index in [2.05, 4.69) is 0 Å². The molecule has 120 valence electrons. The molecular weight excluding hydrogens is 293 g/mol. The molecule has 0 aromatic heterocycles. The fraction of sp³-hybridized carbons (Fsp3) is 0.316. The van der Waals surface area contributed by atoms with E-state index in [1.54, 1.807) is 18.1 Å². The normalized spacial score (nSPS) is 13.7. The van der Waals surface area contributed by atoms with Crippen molar-refractivity contribution < 1.29 is 13.9 Å². The zero-order chi connectivity index (χ0) is 16.6. The van der Waals surface area contributed by atoms with Crippen LogP contribution in [0.15, 0.2) is 30.3 Å². The van der Waals surface area contributed by atoms with E-state index in [1.165, 1.54) is 12.1 Å². The summed E-state index contributed by atoms with van der Waals surface area (Å²) in [5.41, 5.74) is 4.13. The van der Waals surface area contributed by atoms with Crippen molar-refractivity contribution >= 4 is 11.6 Å². The molecule has 0 saturated carbocycles. The molecule has 0 radical (unpaired) electrons. The van der Waals surface area contributed by atoms with Gasteiger partial charge in [0.05, 0.1) is 12.8 Å². The lowest BCUT2D eigenvalue weighted by molar-refractivity contribution is 0.0984. The van der Waals surface area contributed by atoms with Crippen LogP contribution >= 0.6 is 0 Å². The van der Waals surface area contributed by atoms with Crippen LogP contribution in [0.5, 0.6) is 5.75 Å². The van der Waals surface area contributed by atoms with Crippen LogP contribution in [0.4, 0.5) is 10.1 Å². The molecule has 0 bridgehead atoms. The van der Waals surface area contributed by atoms with Crippen molar-refractivity contribution in [3.63, 3.8) is 0 Å². The number of hydrogen-bond donors (Lipinski definition) is 0. The van der Waals surface area contributed by atoms with E-state index in [1.807, 2.05) is 26.0 Å². The number of halogens is 1. The molecule has 0 spiro atoms. The Kier molecular flexibility index (Phi) is 4.07. The van der Waals surface area contributed by atoms with Crippen molar-refractivity contribution in [2.75, 3.05) is 18.6 Å². The summed E-state index contributed by atoms with van der Waals surface area (Å²) in [6.07, 6.45) is 1.64. The number of anilines is 1. The quantitative estimate of drug-likeness (QED) is 0.837. The molecule has 2 aromatic rings. The lowest BCUT2D eigenvalue weighted by Crippen LogP contribution is -2.36. The van der Waals surface area contributed by atoms with Gasteiger partial charge >= 0.3 is 0 Å². The van der Waals surface area contributed by atoms with Crippen LogP contribution in [-0.2, 0) is 6.42 Å². The molecule has 4 heteroatoms. The van der Waals surface area contributed by atoms with E-state index in [0.29, 0.717) is 17.9 Å². The largest absolute Gasteiger partial charge is 0.496 e. The summed E-state index contributed by atoms with van der Waals surface area (Å²) in [6.45, 7) is 4.44. The third kappa shape index (κ3) is 2.81. The molecule has 0 atom stereocenters. The van der Waals surface area contributed by atoms with Gasteiger partial charge in [-0.1, -0.05) is 6.07 Å². The molecule has 0 unspecified atom stereocenters. The molecular formula is C19H20FNO2. The highest BCUT2D eigenvalue weighted by Crippen LogP contribution is 2.33. The van der Waals surface area contributed by atoms with Gasteiger partial charge in [-0.25, -0.2) is 4.39 Å². The Balaban J connectivity index is 2.02. The average molecular weight is 313 g/mol. The van der Waals surface area contributed by atoms with Crippen molar-refractivity contribution in [1.82, 2.24) is 0 Å². The number of carbonyl (C=O) groups excluding carboxylic acids is 1. The van der Waals surface area contributed by atoms with Gasteiger partial charge in [0, 0.05) is 12.1 Å². The second-order valence-electron chi connectivity index (χ2n) is 5.98. The minimum Gasteiger partial charge on any atom is -0.496 e. The summed E-state index contributed by atoms with van der Waals surface area (Å²) in [6, 6.07) is 8.49. The summed E-state index contributed by atoms with van der Waals surface area (Å²) in [5.74, 6) is 0.385. The fourth-order valence-corrected chi connectivity index (χ4v) is 3.23. The number of rotatable bonds is 2. The molecule has 3 nitrogen and oxygen atoms in total. The van der Waals surface area contributed by atoms with Crippen LogP contribution in [0.25, 0.3) is 0 Å². The number of fused-ring (bicyclic) bond motifs is 1. The zero-order valence-corrected chi connectivity index (χ0v) is 13.6. The number of nitrogens with zero attached hydrogens (tertiary/aromatic N) is 1. The van der Waals surface area contributed by atoms with Crippen molar-refractivity contribution in [3.05, 3.63) is 58.4 Å². The van der Waals surface area contributed by atoms with Crippen LogP contribution in [0.3, 0.4) is 0 Å². The van der Waals surface area contributed by atoms with Gasteiger partial charge in [-0.2, -0.15) is 0 Å². The highest BCUT2D eigenvalue weighted by Gasteiger charge is 2.26. The second-order valence-corrected chi connectivity index (χ2v) is 5.98. The van der Waals surface area contributed by atoms with Crippen molar-refractivity contribution in [3.8, 4) is 5.75 Å². The lowest BCUT2D eigenvalue weighted by Gasteiger charge is -2.31. The van der Waals surface area contributed by atoms with E-state index in [4.69, 9.17) is 4.74 Å². The highest BCUT2D eigenvalue weighted by atomic mass is 19.1. The zero-order valence-electron chi connectivity index (χ0n) is 13.6. The van der Waals surface area contributed by atoms with E-state index in [9.17, 15) is 9.18 Å². The molecule has 1 aliphatic rings. The molecule has 1 aliphatic heterocycles. The number of methoxy groups -OCH3 is 1. The van der Waals surface area contributed by atoms with Gasteiger partial charge in [0.2, 0.25) is 0 Å². The summed E-state index contributed by atoms with van der Waals surface area (Å²) in [4.78, 5) is 14.7. The molecule has 0 N–H and O–H groups in total. The maximum absolute atomic E-state index is 13.6. The second kappa shape index (κ2) is 6.03. The van der Waals surface area contributed by atoms with E-state index < -0.39 is 0 Å². The van der Waals surface area contributed by atoms with Crippen LogP contribution in [0.2, 0.25) is 0 Å². The molecule has 0 fully saturated rings. The van der Waals surface area contributed by atoms with E-state index >= 15 is 0 Å². The van der Waals surface area contributed by atoms with Gasteiger partial charge in [0.1, 0.15) is 11.6 Å². The first kappa shape index (κ1) is 15.5. The molecule has 3 rings (SSSR count). The summed E-state index contributed by atoms with van der Waals surface area (Å²) < 4.78 is 18.9. The maximum atomic E-state index is 13.6. The maximum Gasteiger partial charge on any atom is 0.258 e. The monoisotopic (exact) mass is 313 g/mol. The summed E-state index contributed by atoms with van der Waals surface area (Å²) in [7, 11) is 1.60. The predicted molar refractivity (Wildman–Crippen MR) is 88.9 cm³/mol. The van der Waals surface area contributed by atoms with Gasteiger partial charge in [0.15, 0.2) is 0 Å². The molecule has 2 aromatic carbocycles. The standard InChI is InChI=1S/C19H20FNO2/c1-12-6-7-15(11-17(12)23-3)19(22)21-8-4-5-14-10-16(20)9-13(2)18(14)21/h6-7,9-11H,4-5,8H2,1-3H3. The number of aryl methyl sites for hydroxylation is 3. The topological polar surface area (TPSA) is 29.5 Å². The third-order valence-corrected chi connectivity index (χ3v) is 4.34. The molecule has 0 aliphatic carbocycles. The van der Waals surface area contributed by atoms with Crippen LogP contribution in [0.1, 0.15) is 33.5 Å². The Morgan fingerprint density at radius 3 is 2.70 bits per heavy atom. The first-order chi connectivity index (χ1) is 11.0.